The SMILES string of the molecule is COc1ccccc1C=C1CCC(C2CCCCC2)C(Cl)C1=O. The van der Waals surface area contributed by atoms with Crippen molar-refractivity contribution in [1.82, 2.24) is 0 Å². The minimum Gasteiger partial charge on any atom is -0.496 e. The van der Waals surface area contributed by atoms with Crippen LogP contribution < -0.4 is 4.74 Å². The van der Waals surface area contributed by atoms with Crippen molar-refractivity contribution in [3.8, 4) is 5.75 Å². The lowest BCUT2D eigenvalue weighted by Crippen LogP contribution is -2.36. The highest BCUT2D eigenvalue weighted by atomic mass is 35.5. The van der Waals surface area contributed by atoms with Gasteiger partial charge in [0.1, 0.15) is 5.75 Å². The molecule has 1 aromatic carbocycles. The van der Waals surface area contributed by atoms with E-state index in [-0.39, 0.29) is 11.2 Å². The Morgan fingerprint density at radius 1 is 1.13 bits per heavy atom. The molecule has 0 amide bonds. The maximum Gasteiger partial charge on any atom is 0.176 e. The van der Waals surface area contributed by atoms with E-state index in [0.29, 0.717) is 11.8 Å². The number of allylic oxidation sites excluding steroid dienone is 1. The molecule has 0 aromatic heterocycles. The molecule has 2 nitrogen and oxygen atoms in total. The second-order valence-electron chi connectivity index (χ2n) is 6.78. The first-order valence-electron chi connectivity index (χ1n) is 8.72. The van der Waals surface area contributed by atoms with Gasteiger partial charge in [-0.1, -0.05) is 50.3 Å². The minimum absolute atomic E-state index is 0.124. The van der Waals surface area contributed by atoms with Gasteiger partial charge in [0.25, 0.3) is 0 Å². The summed E-state index contributed by atoms with van der Waals surface area (Å²) in [6, 6.07) is 7.80. The van der Waals surface area contributed by atoms with E-state index in [4.69, 9.17) is 16.3 Å². The number of carbonyl (C=O) groups excluding carboxylic acids is 1. The first-order chi connectivity index (χ1) is 11.2. The lowest BCUT2D eigenvalue weighted by Gasteiger charge is -2.36. The molecule has 0 radical (unpaired) electrons. The van der Waals surface area contributed by atoms with Crippen molar-refractivity contribution < 1.29 is 9.53 Å². The maximum atomic E-state index is 12.7. The Bertz CT molecular complexity index is 587. The van der Waals surface area contributed by atoms with E-state index in [1.807, 2.05) is 30.3 Å². The van der Waals surface area contributed by atoms with Gasteiger partial charge >= 0.3 is 0 Å². The van der Waals surface area contributed by atoms with Crippen LogP contribution in [0.2, 0.25) is 0 Å². The summed E-state index contributed by atoms with van der Waals surface area (Å²) in [6.07, 6.45) is 10.2. The fourth-order valence-electron chi connectivity index (χ4n) is 4.12. The molecule has 0 bridgehead atoms. The predicted molar refractivity (Wildman–Crippen MR) is 94.9 cm³/mol. The van der Waals surface area contributed by atoms with Crippen molar-refractivity contribution in [2.75, 3.05) is 7.11 Å². The largest absolute Gasteiger partial charge is 0.496 e. The highest BCUT2D eigenvalue weighted by molar-refractivity contribution is 6.34. The van der Waals surface area contributed by atoms with Crippen molar-refractivity contribution in [1.29, 1.82) is 0 Å². The summed E-state index contributed by atoms with van der Waals surface area (Å²) in [5, 5.41) is -0.354. The zero-order valence-electron chi connectivity index (χ0n) is 13.8. The average Bonchev–Trinajstić information content (AvgIpc) is 2.60. The third kappa shape index (κ3) is 3.63. The normalized spacial score (nSPS) is 28.1. The maximum absolute atomic E-state index is 12.7. The van der Waals surface area contributed by atoms with Crippen LogP contribution in [0.3, 0.4) is 0 Å². The summed E-state index contributed by atoms with van der Waals surface area (Å²) < 4.78 is 5.38. The molecule has 2 saturated carbocycles. The molecule has 2 aliphatic rings. The number of benzene rings is 1. The molecule has 2 atom stereocenters. The molecule has 0 spiro atoms. The van der Waals surface area contributed by atoms with Crippen LogP contribution in [0.25, 0.3) is 6.08 Å². The number of ether oxygens (including phenoxy) is 1. The van der Waals surface area contributed by atoms with Gasteiger partial charge in [0.05, 0.1) is 12.5 Å². The van der Waals surface area contributed by atoms with Crippen molar-refractivity contribution >= 4 is 23.5 Å². The number of carbonyl (C=O) groups is 1. The molecule has 3 rings (SSSR count). The van der Waals surface area contributed by atoms with Gasteiger partial charge in [-0.15, -0.1) is 11.6 Å². The molecule has 1 aromatic rings. The predicted octanol–water partition coefficient (Wildman–Crippen LogP) is 5.25. The Kier molecular flexibility index (Phi) is 5.42. The Hall–Kier alpha value is -1.28. The highest BCUT2D eigenvalue weighted by Crippen LogP contribution is 2.41. The van der Waals surface area contributed by atoms with E-state index in [9.17, 15) is 4.79 Å². The topological polar surface area (TPSA) is 26.3 Å². The van der Waals surface area contributed by atoms with Gasteiger partial charge in [-0.2, -0.15) is 0 Å². The van der Waals surface area contributed by atoms with Gasteiger partial charge in [-0.05, 0) is 42.4 Å². The zero-order chi connectivity index (χ0) is 16.2. The summed E-state index contributed by atoms with van der Waals surface area (Å²) in [5.74, 6) is 1.93. The third-order valence-electron chi connectivity index (χ3n) is 5.41. The van der Waals surface area contributed by atoms with Gasteiger partial charge in [-0.25, -0.2) is 0 Å². The number of hydrogen-bond donors (Lipinski definition) is 0. The van der Waals surface area contributed by atoms with E-state index >= 15 is 0 Å². The van der Waals surface area contributed by atoms with Gasteiger partial charge < -0.3 is 4.74 Å². The molecule has 3 heteroatoms. The Balaban J connectivity index is 1.76. The quantitative estimate of drug-likeness (QED) is 0.558. The fraction of sp³-hybridized carbons (Fsp3) is 0.550. The number of ketones is 1. The van der Waals surface area contributed by atoms with E-state index in [1.54, 1.807) is 7.11 Å². The number of alkyl halides is 1. The van der Waals surface area contributed by atoms with E-state index < -0.39 is 0 Å². The third-order valence-corrected chi connectivity index (χ3v) is 5.94. The summed E-state index contributed by atoms with van der Waals surface area (Å²) in [4.78, 5) is 12.7. The molecule has 0 heterocycles. The molecule has 23 heavy (non-hydrogen) atoms. The second kappa shape index (κ2) is 7.53. The lowest BCUT2D eigenvalue weighted by atomic mass is 9.71. The van der Waals surface area contributed by atoms with Gasteiger partial charge in [-0.3, -0.25) is 4.79 Å². The van der Waals surface area contributed by atoms with Crippen LogP contribution in [0.15, 0.2) is 29.8 Å². The van der Waals surface area contributed by atoms with E-state index in [2.05, 4.69) is 0 Å². The fourth-order valence-corrected chi connectivity index (χ4v) is 4.59. The molecular weight excluding hydrogens is 308 g/mol. The average molecular weight is 333 g/mol. The smallest absolute Gasteiger partial charge is 0.176 e. The van der Waals surface area contributed by atoms with Crippen LogP contribution in [0.4, 0.5) is 0 Å². The van der Waals surface area contributed by atoms with Crippen molar-refractivity contribution in [3.05, 3.63) is 35.4 Å². The number of para-hydroxylation sites is 1. The van der Waals surface area contributed by atoms with Crippen LogP contribution in [-0.2, 0) is 4.79 Å². The van der Waals surface area contributed by atoms with Crippen LogP contribution >= 0.6 is 11.6 Å². The number of Topliss-reactive ketones (excluding diaryl/α,β-unsaturated/α-hetero) is 1. The summed E-state index contributed by atoms with van der Waals surface area (Å²) in [5.41, 5.74) is 1.81. The monoisotopic (exact) mass is 332 g/mol. The van der Waals surface area contributed by atoms with Gasteiger partial charge in [0.15, 0.2) is 5.78 Å². The first kappa shape index (κ1) is 16.6. The number of methoxy groups -OCH3 is 1. The van der Waals surface area contributed by atoms with Crippen LogP contribution in [0, 0.1) is 11.8 Å². The molecule has 2 fully saturated rings. The molecule has 0 aliphatic heterocycles. The van der Waals surface area contributed by atoms with E-state index in [1.165, 1.54) is 32.1 Å². The lowest BCUT2D eigenvalue weighted by molar-refractivity contribution is -0.117. The molecular formula is C20H25ClO2. The summed E-state index contributed by atoms with van der Waals surface area (Å²) in [6.45, 7) is 0. The summed E-state index contributed by atoms with van der Waals surface area (Å²) >= 11 is 6.58. The van der Waals surface area contributed by atoms with E-state index in [0.717, 1.165) is 29.7 Å². The molecule has 2 unspecified atom stereocenters. The van der Waals surface area contributed by atoms with Crippen LogP contribution in [0.1, 0.15) is 50.5 Å². The Morgan fingerprint density at radius 3 is 2.61 bits per heavy atom. The van der Waals surface area contributed by atoms with Crippen LogP contribution in [-0.4, -0.2) is 18.3 Å². The molecule has 0 saturated heterocycles. The van der Waals surface area contributed by atoms with Gasteiger partial charge in [0, 0.05) is 5.56 Å². The molecule has 2 aliphatic carbocycles. The first-order valence-corrected chi connectivity index (χ1v) is 9.16. The number of rotatable bonds is 3. The minimum atomic E-state index is -0.354. The number of hydrogen-bond acceptors (Lipinski definition) is 2. The van der Waals surface area contributed by atoms with Crippen LogP contribution in [0.5, 0.6) is 5.75 Å². The van der Waals surface area contributed by atoms with Gasteiger partial charge in [0.2, 0.25) is 0 Å². The van der Waals surface area contributed by atoms with Crippen molar-refractivity contribution in [3.63, 3.8) is 0 Å². The number of halogens is 1. The molecule has 0 N–H and O–H groups in total. The van der Waals surface area contributed by atoms with Crippen molar-refractivity contribution in [2.45, 2.75) is 50.3 Å². The standard InChI is InChI=1S/C20H25ClO2/c1-23-18-10-6-5-9-15(18)13-16-11-12-17(19(21)20(16)22)14-7-3-2-4-8-14/h5-6,9-10,13-14,17,19H,2-4,7-8,11-12H2,1H3. The van der Waals surface area contributed by atoms with Crippen molar-refractivity contribution in [2.24, 2.45) is 11.8 Å². The summed E-state index contributed by atoms with van der Waals surface area (Å²) in [7, 11) is 1.66. The Labute approximate surface area is 143 Å². The zero-order valence-corrected chi connectivity index (χ0v) is 14.5. The molecule has 124 valence electrons. The Morgan fingerprint density at radius 2 is 1.87 bits per heavy atom. The second-order valence-corrected chi connectivity index (χ2v) is 7.25. The highest BCUT2D eigenvalue weighted by Gasteiger charge is 2.38.